The average Bonchev–Trinajstić information content (AvgIpc) is 2.42. The van der Waals surface area contributed by atoms with Crippen LogP contribution in [0.15, 0.2) is 41.5 Å². The highest BCUT2D eigenvalue weighted by Gasteiger charge is 2.20. The van der Waals surface area contributed by atoms with Crippen molar-refractivity contribution in [3.05, 3.63) is 47.0 Å². The van der Waals surface area contributed by atoms with Crippen LogP contribution in [-0.4, -0.2) is 0 Å². The van der Waals surface area contributed by atoms with Crippen molar-refractivity contribution in [2.45, 2.75) is 31.6 Å². The first kappa shape index (κ1) is 11.4. The molecule has 0 unspecified atom stereocenters. The number of hydrogen-bond acceptors (Lipinski definition) is 2. The van der Waals surface area contributed by atoms with Crippen LogP contribution in [-0.2, 0) is 0 Å². The second kappa shape index (κ2) is 5.32. The molecule has 0 saturated heterocycles. The van der Waals surface area contributed by atoms with E-state index < -0.39 is 0 Å². The van der Waals surface area contributed by atoms with Gasteiger partial charge in [0, 0.05) is 0 Å². The Kier molecular flexibility index (Phi) is 3.58. The summed E-state index contributed by atoms with van der Waals surface area (Å²) in [7, 11) is 0. The van der Waals surface area contributed by atoms with Gasteiger partial charge in [-0.3, -0.25) is 0 Å². The second-order valence-electron chi connectivity index (χ2n) is 4.39. The maximum Gasteiger partial charge on any atom is 0.128 e. The van der Waals surface area contributed by atoms with Gasteiger partial charge in [0.15, 0.2) is 0 Å². The van der Waals surface area contributed by atoms with Gasteiger partial charge in [0.05, 0.1) is 0 Å². The van der Waals surface area contributed by atoms with Crippen molar-refractivity contribution in [1.29, 1.82) is 10.5 Å². The summed E-state index contributed by atoms with van der Waals surface area (Å²) in [5.74, 6) is 0.582. The van der Waals surface area contributed by atoms with E-state index >= 15 is 0 Å². The molecule has 2 nitrogen and oxygen atoms in total. The molecular formula is C15H14N2. The van der Waals surface area contributed by atoms with Gasteiger partial charge in [-0.05, 0) is 42.7 Å². The molecule has 2 heteroatoms. The zero-order chi connectivity index (χ0) is 12.1. The first-order valence-electron chi connectivity index (χ1n) is 5.92. The lowest BCUT2D eigenvalue weighted by Gasteiger charge is -2.24. The SMILES string of the molecule is N#CC(C#N)=C1CCC(c2ccccc2)CC1. The number of benzene rings is 1. The van der Waals surface area contributed by atoms with Gasteiger partial charge in [0.25, 0.3) is 0 Å². The van der Waals surface area contributed by atoms with Crippen LogP contribution in [0.3, 0.4) is 0 Å². The third-order valence-electron chi connectivity index (χ3n) is 3.44. The van der Waals surface area contributed by atoms with E-state index in [4.69, 9.17) is 10.5 Å². The number of hydrogen-bond donors (Lipinski definition) is 0. The summed E-state index contributed by atoms with van der Waals surface area (Å²) in [5.41, 5.74) is 2.75. The van der Waals surface area contributed by atoms with Crippen LogP contribution in [0.1, 0.15) is 37.2 Å². The van der Waals surface area contributed by atoms with Gasteiger partial charge in [-0.2, -0.15) is 10.5 Å². The minimum absolute atomic E-state index is 0.330. The molecule has 1 fully saturated rings. The third kappa shape index (κ3) is 2.55. The molecule has 1 aliphatic carbocycles. The molecule has 84 valence electrons. The minimum atomic E-state index is 0.330. The molecule has 0 amide bonds. The van der Waals surface area contributed by atoms with Crippen molar-refractivity contribution in [3.63, 3.8) is 0 Å². The van der Waals surface area contributed by atoms with Crippen molar-refractivity contribution < 1.29 is 0 Å². The van der Waals surface area contributed by atoms with Crippen LogP contribution in [0.4, 0.5) is 0 Å². The van der Waals surface area contributed by atoms with E-state index in [1.54, 1.807) is 0 Å². The van der Waals surface area contributed by atoms with Gasteiger partial charge in [0.1, 0.15) is 17.7 Å². The van der Waals surface area contributed by atoms with Gasteiger partial charge in [-0.15, -0.1) is 0 Å². The molecule has 0 bridgehead atoms. The molecule has 0 spiro atoms. The van der Waals surface area contributed by atoms with Crippen LogP contribution >= 0.6 is 0 Å². The third-order valence-corrected chi connectivity index (χ3v) is 3.44. The quantitative estimate of drug-likeness (QED) is 0.680. The van der Waals surface area contributed by atoms with Crippen LogP contribution in [0, 0.1) is 22.7 Å². The monoisotopic (exact) mass is 222 g/mol. The molecule has 0 atom stereocenters. The molecule has 2 rings (SSSR count). The van der Waals surface area contributed by atoms with Gasteiger partial charge in [-0.25, -0.2) is 0 Å². The van der Waals surface area contributed by atoms with Crippen molar-refractivity contribution >= 4 is 0 Å². The molecule has 0 heterocycles. The van der Waals surface area contributed by atoms with Crippen molar-refractivity contribution in [2.24, 2.45) is 0 Å². The van der Waals surface area contributed by atoms with Gasteiger partial charge in [0.2, 0.25) is 0 Å². The fraction of sp³-hybridized carbons (Fsp3) is 0.333. The Bertz CT molecular complexity index is 474. The highest BCUT2D eigenvalue weighted by molar-refractivity contribution is 5.41. The van der Waals surface area contributed by atoms with E-state index in [0.717, 1.165) is 31.3 Å². The number of allylic oxidation sites excluding steroid dienone is 2. The Balaban J connectivity index is 2.08. The fourth-order valence-electron chi connectivity index (χ4n) is 2.46. The van der Waals surface area contributed by atoms with Gasteiger partial charge < -0.3 is 0 Å². The number of nitrogens with zero attached hydrogens (tertiary/aromatic N) is 2. The molecule has 17 heavy (non-hydrogen) atoms. The maximum atomic E-state index is 8.83. The Hall–Kier alpha value is -2.06. The van der Waals surface area contributed by atoms with E-state index in [9.17, 15) is 0 Å². The normalized spacial score (nSPS) is 19.2. The standard InChI is InChI=1S/C15H14N2/c16-10-15(11-17)14-8-6-13(7-9-14)12-4-2-1-3-5-12/h1-5,13H,6-9H2. The largest absolute Gasteiger partial charge is 0.192 e. The topological polar surface area (TPSA) is 47.6 Å². The van der Waals surface area contributed by atoms with Crippen molar-refractivity contribution in [1.82, 2.24) is 0 Å². The zero-order valence-electron chi connectivity index (χ0n) is 9.69. The average molecular weight is 222 g/mol. The van der Waals surface area contributed by atoms with E-state index in [1.807, 2.05) is 18.2 Å². The molecule has 1 aliphatic rings. The van der Waals surface area contributed by atoms with Crippen molar-refractivity contribution in [2.75, 3.05) is 0 Å². The van der Waals surface area contributed by atoms with E-state index in [2.05, 4.69) is 24.3 Å². The Morgan fingerprint density at radius 2 is 1.59 bits per heavy atom. The van der Waals surface area contributed by atoms with Crippen LogP contribution in [0.5, 0.6) is 0 Å². The van der Waals surface area contributed by atoms with E-state index in [-0.39, 0.29) is 0 Å². The molecule has 1 aromatic rings. The molecule has 0 aliphatic heterocycles. The Morgan fingerprint density at radius 3 is 2.12 bits per heavy atom. The van der Waals surface area contributed by atoms with Gasteiger partial charge in [-0.1, -0.05) is 30.3 Å². The fourth-order valence-corrected chi connectivity index (χ4v) is 2.46. The lowest BCUT2D eigenvalue weighted by atomic mass is 9.80. The summed E-state index contributed by atoms with van der Waals surface area (Å²) in [6.45, 7) is 0. The first-order valence-corrected chi connectivity index (χ1v) is 5.92. The predicted octanol–water partition coefficient (Wildman–Crippen LogP) is 3.69. The van der Waals surface area contributed by atoms with Crippen molar-refractivity contribution in [3.8, 4) is 12.1 Å². The van der Waals surface area contributed by atoms with Crippen LogP contribution in [0.25, 0.3) is 0 Å². The molecule has 0 radical (unpaired) electrons. The molecule has 0 N–H and O–H groups in total. The summed E-state index contributed by atoms with van der Waals surface area (Å²) in [6.07, 6.45) is 3.87. The molecular weight excluding hydrogens is 208 g/mol. The second-order valence-corrected chi connectivity index (χ2v) is 4.39. The lowest BCUT2D eigenvalue weighted by molar-refractivity contribution is 0.515. The minimum Gasteiger partial charge on any atom is -0.192 e. The number of rotatable bonds is 1. The van der Waals surface area contributed by atoms with Gasteiger partial charge >= 0.3 is 0 Å². The summed E-state index contributed by atoms with van der Waals surface area (Å²) < 4.78 is 0. The summed E-state index contributed by atoms with van der Waals surface area (Å²) in [6, 6.07) is 14.5. The Morgan fingerprint density at radius 1 is 1.00 bits per heavy atom. The lowest BCUT2D eigenvalue weighted by Crippen LogP contribution is -2.07. The molecule has 1 aromatic carbocycles. The highest BCUT2D eigenvalue weighted by atomic mass is 14.3. The van der Waals surface area contributed by atoms with E-state index in [1.165, 1.54) is 5.56 Å². The smallest absolute Gasteiger partial charge is 0.128 e. The summed E-state index contributed by atoms with van der Waals surface area (Å²) in [5, 5.41) is 17.7. The van der Waals surface area contributed by atoms with Crippen LogP contribution < -0.4 is 0 Å². The molecule has 0 aromatic heterocycles. The first-order chi connectivity index (χ1) is 8.35. The molecule has 1 saturated carbocycles. The summed E-state index contributed by atoms with van der Waals surface area (Å²) >= 11 is 0. The number of nitriles is 2. The zero-order valence-corrected chi connectivity index (χ0v) is 9.69. The highest BCUT2D eigenvalue weighted by Crippen LogP contribution is 2.36. The predicted molar refractivity (Wildman–Crippen MR) is 65.9 cm³/mol. The Labute approximate surface area is 102 Å². The van der Waals surface area contributed by atoms with Crippen LogP contribution in [0.2, 0.25) is 0 Å². The maximum absolute atomic E-state index is 8.83. The van der Waals surface area contributed by atoms with E-state index in [0.29, 0.717) is 11.5 Å². The summed E-state index contributed by atoms with van der Waals surface area (Å²) in [4.78, 5) is 0.